The zero-order valence-corrected chi connectivity index (χ0v) is 22.8. The molecule has 0 bridgehead atoms. The van der Waals surface area contributed by atoms with Crippen LogP contribution >= 0.6 is 9.24 Å². The molecule has 2 aromatic rings. The first kappa shape index (κ1) is 26.1. The Hall–Kier alpha value is -2.54. The van der Waals surface area contributed by atoms with E-state index < -0.39 is 17.2 Å². The molecule has 2 amide bonds. The molecule has 2 unspecified atom stereocenters. The molecule has 0 saturated carbocycles. The van der Waals surface area contributed by atoms with E-state index in [0.29, 0.717) is 18.9 Å². The number of carbonyl (C=O) groups is 2. The number of aromatic nitrogens is 2. The minimum atomic E-state index is -2.79. The van der Waals surface area contributed by atoms with E-state index in [0.717, 1.165) is 47.7 Å². The third-order valence-corrected chi connectivity index (χ3v) is 8.01. The average Bonchev–Trinajstić information content (AvgIpc) is 3.23. The Labute approximate surface area is 218 Å². The second kappa shape index (κ2) is 9.64. The van der Waals surface area contributed by atoms with Gasteiger partial charge in [0.1, 0.15) is 11.2 Å². The molecule has 2 aliphatic heterocycles. The van der Waals surface area contributed by atoms with Crippen LogP contribution in [-0.2, 0) is 40.9 Å². The number of nitrogens with zero attached hydrogens (tertiary/aromatic N) is 4. The summed E-state index contributed by atoms with van der Waals surface area (Å²) in [6, 6.07) is 7.71. The van der Waals surface area contributed by atoms with Crippen LogP contribution in [0.2, 0.25) is 0 Å². The van der Waals surface area contributed by atoms with Crippen LogP contribution < -0.4 is 4.90 Å². The first-order valence-electron chi connectivity index (χ1n) is 13.1. The van der Waals surface area contributed by atoms with E-state index in [1.807, 2.05) is 24.3 Å². The third-order valence-electron chi connectivity index (χ3n) is 7.72. The van der Waals surface area contributed by atoms with E-state index in [-0.39, 0.29) is 38.1 Å². The molecular weight excluding hydrogens is 497 g/mol. The van der Waals surface area contributed by atoms with Crippen molar-refractivity contribution >= 4 is 26.9 Å². The summed E-state index contributed by atoms with van der Waals surface area (Å²) in [6.45, 7) is 7.06. The minimum Gasteiger partial charge on any atom is -0.447 e. The van der Waals surface area contributed by atoms with Gasteiger partial charge < -0.3 is 19.1 Å². The Balaban J connectivity index is 1.42. The van der Waals surface area contributed by atoms with Crippen molar-refractivity contribution in [1.82, 2.24) is 14.5 Å². The van der Waals surface area contributed by atoms with Gasteiger partial charge in [-0.15, -0.1) is 0 Å². The number of amides is 2. The topological polar surface area (TPSA) is 67.7 Å². The van der Waals surface area contributed by atoms with Crippen molar-refractivity contribution in [1.29, 1.82) is 0 Å². The molecule has 1 fully saturated rings. The lowest BCUT2D eigenvalue weighted by Crippen LogP contribution is -2.65. The number of likely N-dealkylation sites (tertiary alicyclic amines) is 1. The number of fused-ring (bicyclic) bond motifs is 3. The number of hydrogen-bond acceptors (Lipinski definition) is 4. The Morgan fingerprint density at radius 2 is 2.03 bits per heavy atom. The highest BCUT2D eigenvalue weighted by atomic mass is 31.0. The summed E-state index contributed by atoms with van der Waals surface area (Å²) in [5.41, 5.74) is 0.278. The van der Waals surface area contributed by atoms with Crippen LogP contribution in [0.4, 0.5) is 19.3 Å². The number of alkyl halides is 2. The summed E-state index contributed by atoms with van der Waals surface area (Å²) in [6.07, 6.45) is 2.22. The highest BCUT2D eigenvalue weighted by molar-refractivity contribution is 7.18. The van der Waals surface area contributed by atoms with Gasteiger partial charge in [-0.1, -0.05) is 34.4 Å². The van der Waals surface area contributed by atoms with Crippen molar-refractivity contribution in [2.75, 3.05) is 18.0 Å². The molecule has 0 radical (unpaired) electrons. The van der Waals surface area contributed by atoms with E-state index in [2.05, 4.69) is 11.5 Å². The fourth-order valence-electron chi connectivity index (χ4n) is 5.92. The molecule has 1 saturated heterocycles. The van der Waals surface area contributed by atoms with Gasteiger partial charge in [0.25, 0.3) is 5.66 Å². The molecule has 1 spiro atoms. The van der Waals surface area contributed by atoms with Gasteiger partial charge >= 0.3 is 6.09 Å². The molecule has 10 heteroatoms. The zero-order chi connectivity index (χ0) is 26.5. The lowest BCUT2D eigenvalue weighted by atomic mass is 9.75. The molecule has 200 valence electrons. The van der Waals surface area contributed by atoms with Gasteiger partial charge in [0, 0.05) is 37.4 Å². The summed E-state index contributed by atoms with van der Waals surface area (Å²) in [5, 5.41) is 0. The monoisotopic (exact) mass is 532 g/mol. The van der Waals surface area contributed by atoms with Gasteiger partial charge in [-0.2, -0.15) is 0 Å². The fourth-order valence-corrected chi connectivity index (χ4v) is 6.12. The molecule has 0 N–H and O–H groups in total. The largest absolute Gasteiger partial charge is 0.447 e. The smallest absolute Gasteiger partial charge is 0.410 e. The normalized spacial score (nSPS) is 20.3. The predicted octanol–water partition coefficient (Wildman–Crippen LogP) is 4.90. The molecule has 5 rings (SSSR count). The average molecular weight is 533 g/mol. The van der Waals surface area contributed by atoms with Crippen molar-refractivity contribution in [3.8, 4) is 0 Å². The third kappa shape index (κ3) is 4.87. The zero-order valence-electron chi connectivity index (χ0n) is 21.7. The van der Waals surface area contributed by atoms with E-state index in [9.17, 15) is 18.4 Å². The Morgan fingerprint density at radius 1 is 1.30 bits per heavy atom. The van der Waals surface area contributed by atoms with Crippen LogP contribution in [0.25, 0.3) is 0 Å². The number of halogens is 2. The molecule has 1 aliphatic carbocycles. The molecule has 37 heavy (non-hydrogen) atoms. The van der Waals surface area contributed by atoms with Crippen LogP contribution in [-0.4, -0.2) is 51.3 Å². The number of rotatable bonds is 7. The summed E-state index contributed by atoms with van der Waals surface area (Å²) in [5.74, 6) is 1.20. The van der Waals surface area contributed by atoms with Gasteiger partial charge in [-0.3, -0.25) is 4.79 Å². The number of ether oxygens (including phenoxy) is 1. The number of imidazole rings is 1. The second-order valence-corrected chi connectivity index (χ2v) is 11.9. The van der Waals surface area contributed by atoms with E-state index >= 15 is 0 Å². The lowest BCUT2D eigenvalue weighted by molar-refractivity contribution is -0.128. The quantitative estimate of drug-likeness (QED) is 0.476. The van der Waals surface area contributed by atoms with Crippen LogP contribution in [0.1, 0.15) is 62.8 Å². The van der Waals surface area contributed by atoms with Crippen molar-refractivity contribution in [2.45, 2.75) is 83.1 Å². The van der Waals surface area contributed by atoms with Crippen molar-refractivity contribution < 1.29 is 23.1 Å². The maximum atomic E-state index is 13.9. The van der Waals surface area contributed by atoms with E-state index in [1.165, 1.54) is 0 Å². The molecule has 7 nitrogen and oxygen atoms in total. The van der Waals surface area contributed by atoms with Gasteiger partial charge in [-0.05, 0) is 57.1 Å². The van der Waals surface area contributed by atoms with Crippen molar-refractivity contribution in [3.05, 3.63) is 47.0 Å². The summed E-state index contributed by atoms with van der Waals surface area (Å²) in [7, 11) is 1.62. The standard InChI is InChI=1S/C27H35F2N4O3P/c1-17(2)36-25(35)31-15-26(16-31)19-7-4-5-8-21(19)33(24(26)34)14-23-30-20-13-18(3)9-10-22(20)32(23)12-6-11-27(28,29)37/h4-5,7-8,17-18H,6,9-16,37H2,1-3H3. The number of para-hydroxylation sites is 1. The number of benzene rings is 1. The van der Waals surface area contributed by atoms with Crippen LogP contribution in [0.15, 0.2) is 24.3 Å². The number of carbonyl (C=O) groups excluding carboxylic acids is 2. The minimum absolute atomic E-state index is 0.0559. The van der Waals surface area contributed by atoms with Crippen molar-refractivity contribution in [2.24, 2.45) is 5.92 Å². The Kier molecular flexibility index (Phi) is 6.80. The number of hydrogen-bond donors (Lipinski definition) is 0. The molecule has 2 atom stereocenters. The SMILES string of the molecule is CC1CCc2c(nc(CN3C(=O)C4(CN(C(=O)OC(C)C)C4)c4ccccc43)n2CCCC(F)(F)P)C1. The highest BCUT2D eigenvalue weighted by Crippen LogP contribution is 2.48. The second-order valence-electron chi connectivity index (χ2n) is 11.1. The van der Waals surface area contributed by atoms with E-state index in [1.54, 1.807) is 32.9 Å². The number of anilines is 1. The molecular formula is C27H35F2N4O3P. The maximum Gasteiger partial charge on any atom is 0.410 e. The molecule has 3 aliphatic rings. The summed E-state index contributed by atoms with van der Waals surface area (Å²) >= 11 is 0. The van der Waals surface area contributed by atoms with E-state index in [4.69, 9.17) is 9.72 Å². The molecule has 3 heterocycles. The molecule has 1 aromatic heterocycles. The first-order chi connectivity index (χ1) is 17.5. The fraction of sp³-hybridized carbons (Fsp3) is 0.593. The van der Waals surface area contributed by atoms with Gasteiger partial charge in [-0.25, -0.2) is 18.6 Å². The van der Waals surface area contributed by atoms with Gasteiger partial charge in [0.2, 0.25) is 5.91 Å². The predicted molar refractivity (Wildman–Crippen MR) is 140 cm³/mol. The lowest BCUT2D eigenvalue weighted by Gasteiger charge is -2.46. The molecule has 1 aromatic carbocycles. The highest BCUT2D eigenvalue weighted by Gasteiger charge is 2.59. The Morgan fingerprint density at radius 3 is 2.73 bits per heavy atom. The van der Waals surface area contributed by atoms with Crippen LogP contribution in [0.3, 0.4) is 0 Å². The maximum absolute atomic E-state index is 13.9. The van der Waals surface area contributed by atoms with Crippen molar-refractivity contribution in [3.63, 3.8) is 0 Å². The first-order valence-corrected chi connectivity index (χ1v) is 13.7. The van der Waals surface area contributed by atoms with Crippen LogP contribution in [0.5, 0.6) is 0 Å². The van der Waals surface area contributed by atoms with Gasteiger partial charge in [0.05, 0.1) is 18.3 Å². The van der Waals surface area contributed by atoms with Gasteiger partial charge in [0.15, 0.2) is 0 Å². The Bertz CT molecular complexity index is 1200. The van der Waals surface area contributed by atoms with Crippen LogP contribution in [0, 0.1) is 5.92 Å². The summed E-state index contributed by atoms with van der Waals surface area (Å²) < 4.78 is 34.5. The summed E-state index contributed by atoms with van der Waals surface area (Å²) in [4.78, 5) is 34.6.